The third-order valence-corrected chi connectivity index (χ3v) is 4.94. The molecule has 0 bridgehead atoms. The van der Waals surface area contributed by atoms with Crippen LogP contribution in [0.25, 0.3) is 0 Å². The zero-order valence-corrected chi connectivity index (χ0v) is 10.5. The minimum absolute atomic E-state index is 0.00729. The van der Waals surface area contributed by atoms with E-state index in [1.807, 2.05) is 6.92 Å². The fraction of sp³-hybridized carbons (Fsp3) is 0.600. The molecule has 0 saturated carbocycles. The van der Waals surface area contributed by atoms with Gasteiger partial charge in [0, 0.05) is 0 Å². The van der Waals surface area contributed by atoms with Crippen molar-refractivity contribution in [3.63, 3.8) is 0 Å². The summed E-state index contributed by atoms with van der Waals surface area (Å²) in [6.07, 6.45) is 3.41. The van der Waals surface area contributed by atoms with Gasteiger partial charge in [0.05, 0.1) is 23.1 Å². The highest BCUT2D eigenvalue weighted by Gasteiger charge is 2.60. The number of carbonyl (C=O) groups excluding carboxylic acids is 1. The Kier molecular flexibility index (Phi) is 2.37. The van der Waals surface area contributed by atoms with E-state index in [4.69, 9.17) is 0 Å². The Balaban J connectivity index is 1.90. The fourth-order valence-corrected chi connectivity index (χ4v) is 4.37. The van der Waals surface area contributed by atoms with Gasteiger partial charge in [-0.1, -0.05) is 0 Å². The normalized spacial score (nSPS) is 34.3. The summed E-state index contributed by atoms with van der Waals surface area (Å²) in [4.78, 5) is 28.3. The summed E-state index contributed by atoms with van der Waals surface area (Å²) in [5.41, 5.74) is 0. The molecule has 2 saturated heterocycles. The second-order valence-electron chi connectivity index (χ2n) is 4.72. The first kappa shape index (κ1) is 11.5. The number of carboxylic acid groups (broad SMARTS) is 1. The Morgan fingerprint density at radius 1 is 1.72 bits per heavy atom. The molecule has 0 aromatic carbocycles. The van der Waals surface area contributed by atoms with Crippen LogP contribution in [0, 0.1) is 0 Å². The van der Waals surface area contributed by atoms with Crippen LogP contribution in [0.2, 0.25) is 0 Å². The molecule has 3 atom stereocenters. The smallest absolute Gasteiger partial charge is 0.327 e. The van der Waals surface area contributed by atoms with Crippen LogP contribution in [-0.2, 0) is 16.1 Å². The number of carboxylic acids is 1. The van der Waals surface area contributed by atoms with Gasteiger partial charge in [0.1, 0.15) is 18.7 Å². The third-order valence-electron chi connectivity index (χ3n) is 3.39. The Bertz CT molecular complexity index is 505. The standard InChI is InChI=1S/C10H12N4O3S/c1-10(3-13-5-11-4-12-13)8(9(16)17)14-6(15)2-7(14)18-10/h4-5,7-8H,2-3H2,1H3,(H,16,17). The predicted molar refractivity (Wildman–Crippen MR) is 62.7 cm³/mol. The SMILES string of the molecule is CC1(Cn2cncn2)SC2CC(=O)N2C1C(=O)O. The number of fused-ring (bicyclic) bond motifs is 1. The van der Waals surface area contributed by atoms with Crippen LogP contribution < -0.4 is 0 Å². The quantitative estimate of drug-likeness (QED) is 0.763. The molecule has 2 aliphatic rings. The molecule has 1 N–H and O–H groups in total. The van der Waals surface area contributed by atoms with Gasteiger partial charge in [-0.15, -0.1) is 11.8 Å². The van der Waals surface area contributed by atoms with Crippen molar-refractivity contribution in [3.05, 3.63) is 12.7 Å². The van der Waals surface area contributed by atoms with E-state index < -0.39 is 16.8 Å². The molecular weight excluding hydrogens is 256 g/mol. The molecule has 1 aromatic rings. The van der Waals surface area contributed by atoms with Crippen LogP contribution in [0.1, 0.15) is 13.3 Å². The van der Waals surface area contributed by atoms with E-state index in [9.17, 15) is 14.7 Å². The van der Waals surface area contributed by atoms with Gasteiger partial charge in [-0.25, -0.2) is 9.78 Å². The molecule has 0 aliphatic carbocycles. The maximum atomic E-state index is 11.5. The van der Waals surface area contributed by atoms with Gasteiger partial charge in [0.15, 0.2) is 0 Å². The number of thioether (sulfide) groups is 1. The summed E-state index contributed by atoms with van der Waals surface area (Å²) in [5.74, 6) is -1.04. The molecule has 1 amide bonds. The zero-order valence-electron chi connectivity index (χ0n) is 9.68. The van der Waals surface area contributed by atoms with E-state index in [0.29, 0.717) is 13.0 Å². The third kappa shape index (κ3) is 1.52. The Labute approximate surface area is 107 Å². The molecule has 7 nitrogen and oxygen atoms in total. The summed E-state index contributed by atoms with van der Waals surface area (Å²) < 4.78 is 1.04. The molecular formula is C10H12N4O3S. The number of aromatic nitrogens is 3. The topological polar surface area (TPSA) is 88.3 Å². The number of amides is 1. The molecule has 3 unspecified atom stereocenters. The van der Waals surface area contributed by atoms with E-state index in [2.05, 4.69) is 10.1 Å². The lowest BCUT2D eigenvalue weighted by Crippen LogP contribution is -2.58. The van der Waals surface area contributed by atoms with Crippen LogP contribution in [0.15, 0.2) is 12.7 Å². The highest BCUT2D eigenvalue weighted by Crippen LogP contribution is 2.51. The van der Waals surface area contributed by atoms with Crippen molar-refractivity contribution in [3.8, 4) is 0 Å². The zero-order chi connectivity index (χ0) is 12.9. The monoisotopic (exact) mass is 268 g/mol. The van der Waals surface area contributed by atoms with Crippen LogP contribution in [-0.4, -0.2) is 52.8 Å². The molecule has 2 aliphatic heterocycles. The van der Waals surface area contributed by atoms with Gasteiger partial charge in [0.25, 0.3) is 0 Å². The molecule has 96 valence electrons. The number of nitrogens with zero attached hydrogens (tertiary/aromatic N) is 4. The lowest BCUT2D eigenvalue weighted by molar-refractivity contribution is -0.157. The van der Waals surface area contributed by atoms with E-state index >= 15 is 0 Å². The fourth-order valence-electron chi connectivity index (χ4n) is 2.62. The number of hydrogen-bond acceptors (Lipinski definition) is 5. The van der Waals surface area contributed by atoms with Gasteiger partial charge in [-0.05, 0) is 6.92 Å². The average Bonchev–Trinajstić information content (AvgIpc) is 2.83. The maximum absolute atomic E-state index is 11.5. The van der Waals surface area contributed by atoms with E-state index in [1.54, 1.807) is 11.0 Å². The first-order valence-corrected chi connectivity index (χ1v) is 6.43. The maximum Gasteiger partial charge on any atom is 0.327 e. The summed E-state index contributed by atoms with van der Waals surface area (Å²) in [6.45, 7) is 2.29. The van der Waals surface area contributed by atoms with E-state index in [0.717, 1.165) is 0 Å². The summed E-state index contributed by atoms with van der Waals surface area (Å²) in [6, 6.07) is -0.794. The largest absolute Gasteiger partial charge is 0.480 e. The van der Waals surface area contributed by atoms with Crippen LogP contribution in [0.3, 0.4) is 0 Å². The summed E-state index contributed by atoms with van der Waals surface area (Å²) in [7, 11) is 0. The lowest BCUT2D eigenvalue weighted by Gasteiger charge is -2.36. The van der Waals surface area contributed by atoms with Gasteiger partial charge in [-0.2, -0.15) is 5.10 Å². The number of hydrogen-bond donors (Lipinski definition) is 1. The molecule has 3 heterocycles. The average molecular weight is 268 g/mol. The summed E-state index contributed by atoms with van der Waals surface area (Å²) >= 11 is 1.54. The Hall–Kier alpha value is -1.57. The Morgan fingerprint density at radius 3 is 3.06 bits per heavy atom. The molecule has 2 fully saturated rings. The highest BCUT2D eigenvalue weighted by molar-refractivity contribution is 8.01. The molecule has 0 radical (unpaired) electrons. The van der Waals surface area contributed by atoms with Gasteiger partial charge < -0.3 is 10.0 Å². The van der Waals surface area contributed by atoms with Crippen molar-refractivity contribution in [2.24, 2.45) is 0 Å². The Morgan fingerprint density at radius 2 is 2.50 bits per heavy atom. The first-order valence-electron chi connectivity index (χ1n) is 5.55. The van der Waals surface area contributed by atoms with Crippen molar-refractivity contribution in [1.29, 1.82) is 0 Å². The number of carbonyl (C=O) groups is 2. The van der Waals surface area contributed by atoms with Gasteiger partial charge in [0.2, 0.25) is 5.91 Å². The van der Waals surface area contributed by atoms with Crippen molar-refractivity contribution in [2.45, 2.75) is 36.1 Å². The van der Waals surface area contributed by atoms with E-state index in [-0.39, 0.29) is 11.3 Å². The van der Waals surface area contributed by atoms with Crippen molar-refractivity contribution in [1.82, 2.24) is 19.7 Å². The number of rotatable bonds is 3. The second-order valence-corrected chi connectivity index (χ2v) is 6.44. The molecule has 3 rings (SSSR count). The van der Waals surface area contributed by atoms with Gasteiger partial charge in [-0.3, -0.25) is 9.48 Å². The van der Waals surface area contributed by atoms with Crippen LogP contribution in [0.5, 0.6) is 0 Å². The van der Waals surface area contributed by atoms with Gasteiger partial charge >= 0.3 is 5.97 Å². The molecule has 1 aromatic heterocycles. The van der Waals surface area contributed by atoms with Crippen molar-refractivity contribution < 1.29 is 14.7 Å². The highest BCUT2D eigenvalue weighted by atomic mass is 32.2. The molecule has 8 heteroatoms. The molecule has 0 spiro atoms. The minimum atomic E-state index is -0.958. The van der Waals surface area contributed by atoms with E-state index in [1.165, 1.54) is 23.0 Å². The second kappa shape index (κ2) is 3.71. The number of β-lactam (4-membered cyclic amide) rings is 1. The van der Waals surface area contributed by atoms with Crippen molar-refractivity contribution in [2.75, 3.05) is 0 Å². The van der Waals surface area contributed by atoms with Crippen molar-refractivity contribution >= 4 is 23.6 Å². The predicted octanol–water partition coefficient (Wildman–Crippen LogP) is -0.205. The van der Waals surface area contributed by atoms with Crippen LogP contribution in [0.4, 0.5) is 0 Å². The first-order chi connectivity index (χ1) is 8.51. The lowest BCUT2D eigenvalue weighted by atomic mass is 9.96. The minimum Gasteiger partial charge on any atom is -0.480 e. The molecule has 18 heavy (non-hydrogen) atoms. The van der Waals surface area contributed by atoms with Crippen LogP contribution >= 0.6 is 11.8 Å². The summed E-state index contributed by atoms with van der Waals surface area (Å²) in [5, 5.41) is 13.4. The number of aliphatic carboxylic acids is 1.